The molecule has 0 heterocycles. The summed E-state index contributed by atoms with van der Waals surface area (Å²) in [5.74, 6) is 0. The van der Waals surface area contributed by atoms with Crippen LogP contribution in [0.2, 0.25) is 0 Å². The summed E-state index contributed by atoms with van der Waals surface area (Å²) in [6.45, 7) is 8.23. The monoisotopic (exact) mass is 232 g/mol. The molecule has 0 saturated carbocycles. The zero-order chi connectivity index (χ0) is 12.1. The number of unbranched alkanes of at least 4 members (excludes halogenated alkanes) is 1. The normalized spacial score (nSPS) is 11.2. The van der Waals surface area contributed by atoms with E-state index in [0.29, 0.717) is 6.61 Å². The molecule has 0 fully saturated rings. The zero-order valence-electron chi connectivity index (χ0n) is 11.1. The van der Waals surface area contributed by atoms with Gasteiger partial charge < -0.3 is 19.7 Å². The van der Waals surface area contributed by atoms with Gasteiger partial charge in [-0.15, -0.1) is 0 Å². The first-order valence-corrected chi connectivity index (χ1v) is 6.28. The van der Waals surface area contributed by atoms with E-state index < -0.39 is 0 Å². The van der Waals surface area contributed by atoms with Crippen molar-refractivity contribution in [1.29, 1.82) is 0 Å². The van der Waals surface area contributed by atoms with E-state index in [4.69, 9.17) is 9.47 Å². The fraction of sp³-hybridized carbons (Fsp3) is 1.00. The lowest BCUT2D eigenvalue weighted by Crippen LogP contribution is -2.29. The van der Waals surface area contributed by atoms with E-state index in [1.54, 1.807) is 0 Å². The molecule has 1 N–H and O–H groups in total. The summed E-state index contributed by atoms with van der Waals surface area (Å²) < 4.78 is 10.8. The van der Waals surface area contributed by atoms with Crippen molar-refractivity contribution in [1.82, 2.24) is 10.2 Å². The third-order valence-electron chi connectivity index (χ3n) is 2.17. The largest absolute Gasteiger partial charge is 0.379 e. The highest BCUT2D eigenvalue weighted by molar-refractivity contribution is 4.49. The molecule has 0 saturated heterocycles. The van der Waals surface area contributed by atoms with Crippen LogP contribution in [0.25, 0.3) is 0 Å². The third-order valence-corrected chi connectivity index (χ3v) is 2.17. The highest BCUT2D eigenvalue weighted by Gasteiger charge is 1.91. The highest BCUT2D eigenvalue weighted by atomic mass is 16.5. The van der Waals surface area contributed by atoms with Gasteiger partial charge in [0.05, 0.1) is 19.8 Å². The van der Waals surface area contributed by atoms with Crippen LogP contribution in [0.4, 0.5) is 0 Å². The highest BCUT2D eigenvalue weighted by Crippen LogP contribution is 1.87. The number of rotatable bonds is 12. The van der Waals surface area contributed by atoms with Crippen molar-refractivity contribution in [2.24, 2.45) is 0 Å². The van der Waals surface area contributed by atoms with Crippen LogP contribution in [0.3, 0.4) is 0 Å². The molecule has 0 aliphatic carbocycles. The topological polar surface area (TPSA) is 33.7 Å². The lowest BCUT2D eigenvalue weighted by molar-refractivity contribution is 0.0477. The lowest BCUT2D eigenvalue weighted by atomic mass is 10.4. The molecule has 4 nitrogen and oxygen atoms in total. The molecule has 0 unspecified atom stereocenters. The van der Waals surface area contributed by atoms with Crippen LogP contribution in [0.15, 0.2) is 0 Å². The average molecular weight is 232 g/mol. The Morgan fingerprint density at radius 2 is 1.62 bits per heavy atom. The quantitative estimate of drug-likeness (QED) is 0.508. The van der Waals surface area contributed by atoms with E-state index in [0.717, 1.165) is 45.9 Å². The molecule has 4 heteroatoms. The Morgan fingerprint density at radius 3 is 2.25 bits per heavy atom. The number of hydrogen-bond acceptors (Lipinski definition) is 4. The van der Waals surface area contributed by atoms with Gasteiger partial charge in [0.15, 0.2) is 0 Å². The van der Waals surface area contributed by atoms with Crippen molar-refractivity contribution in [3.05, 3.63) is 0 Å². The molecule has 0 aromatic rings. The minimum atomic E-state index is 0.707. The van der Waals surface area contributed by atoms with E-state index in [9.17, 15) is 0 Å². The summed E-state index contributed by atoms with van der Waals surface area (Å²) in [5.41, 5.74) is 0. The molecule has 0 aromatic carbocycles. The molecule has 0 aliphatic rings. The van der Waals surface area contributed by atoms with Gasteiger partial charge in [-0.25, -0.2) is 0 Å². The zero-order valence-corrected chi connectivity index (χ0v) is 11.1. The third kappa shape index (κ3) is 13.8. The molecule has 0 amide bonds. The second kappa shape index (κ2) is 12.9. The first kappa shape index (κ1) is 15.8. The molecule has 0 spiro atoms. The molecule has 0 bridgehead atoms. The number of ether oxygens (including phenoxy) is 2. The van der Waals surface area contributed by atoms with Gasteiger partial charge in [0.1, 0.15) is 0 Å². The molecule has 98 valence electrons. The van der Waals surface area contributed by atoms with Crippen molar-refractivity contribution >= 4 is 0 Å². The molecular formula is C12H28N2O2. The molecule has 0 aromatic heterocycles. The summed E-state index contributed by atoms with van der Waals surface area (Å²) in [5, 5.41) is 3.32. The van der Waals surface area contributed by atoms with E-state index in [1.165, 1.54) is 6.42 Å². The second-order valence-electron chi connectivity index (χ2n) is 4.13. The summed E-state index contributed by atoms with van der Waals surface area (Å²) in [6, 6.07) is 0. The van der Waals surface area contributed by atoms with Gasteiger partial charge in [-0.05, 0) is 20.5 Å². The SMILES string of the molecule is CCCCOCCOCCNCCN(C)C. The molecule has 0 radical (unpaired) electrons. The van der Waals surface area contributed by atoms with Crippen molar-refractivity contribution in [2.45, 2.75) is 19.8 Å². The van der Waals surface area contributed by atoms with Crippen LogP contribution in [0.5, 0.6) is 0 Å². The van der Waals surface area contributed by atoms with Crippen LogP contribution in [-0.2, 0) is 9.47 Å². The predicted molar refractivity (Wildman–Crippen MR) is 68.0 cm³/mol. The molecule has 16 heavy (non-hydrogen) atoms. The summed E-state index contributed by atoms with van der Waals surface area (Å²) >= 11 is 0. The van der Waals surface area contributed by atoms with Gasteiger partial charge in [0.2, 0.25) is 0 Å². The van der Waals surface area contributed by atoms with Gasteiger partial charge >= 0.3 is 0 Å². The first-order chi connectivity index (χ1) is 7.77. The minimum absolute atomic E-state index is 0.707. The molecule has 0 aliphatic heterocycles. The van der Waals surface area contributed by atoms with Crippen LogP contribution >= 0.6 is 0 Å². The maximum Gasteiger partial charge on any atom is 0.0701 e. The van der Waals surface area contributed by atoms with Gasteiger partial charge in [-0.2, -0.15) is 0 Å². The fourth-order valence-corrected chi connectivity index (χ4v) is 1.14. The van der Waals surface area contributed by atoms with Crippen LogP contribution in [0.1, 0.15) is 19.8 Å². The summed E-state index contributed by atoms with van der Waals surface area (Å²) in [4.78, 5) is 2.16. The number of hydrogen-bond donors (Lipinski definition) is 1. The Bertz CT molecular complexity index is 132. The molecular weight excluding hydrogens is 204 g/mol. The Morgan fingerprint density at radius 1 is 0.938 bits per heavy atom. The van der Waals surface area contributed by atoms with Crippen LogP contribution < -0.4 is 5.32 Å². The maximum absolute atomic E-state index is 5.42. The predicted octanol–water partition coefficient (Wildman–Crippen LogP) is 0.971. The van der Waals surface area contributed by atoms with Gasteiger partial charge in [-0.1, -0.05) is 13.3 Å². The second-order valence-corrected chi connectivity index (χ2v) is 4.13. The standard InChI is InChI=1S/C12H28N2O2/c1-4-5-9-15-11-12-16-10-7-13-6-8-14(2)3/h13H,4-12H2,1-3H3. The number of nitrogens with zero attached hydrogens (tertiary/aromatic N) is 1. The smallest absolute Gasteiger partial charge is 0.0701 e. The Kier molecular flexibility index (Phi) is 12.8. The number of nitrogens with one attached hydrogen (secondary N) is 1. The van der Waals surface area contributed by atoms with Gasteiger partial charge in [0, 0.05) is 26.2 Å². The van der Waals surface area contributed by atoms with E-state index >= 15 is 0 Å². The van der Waals surface area contributed by atoms with Crippen molar-refractivity contribution in [2.75, 3.05) is 60.2 Å². The van der Waals surface area contributed by atoms with E-state index in [-0.39, 0.29) is 0 Å². The maximum atomic E-state index is 5.42. The summed E-state index contributed by atoms with van der Waals surface area (Å²) in [7, 11) is 4.15. The van der Waals surface area contributed by atoms with Crippen molar-refractivity contribution < 1.29 is 9.47 Å². The van der Waals surface area contributed by atoms with E-state index in [2.05, 4.69) is 31.2 Å². The minimum Gasteiger partial charge on any atom is -0.379 e. The summed E-state index contributed by atoms with van der Waals surface area (Å²) in [6.07, 6.45) is 2.34. The number of likely N-dealkylation sites (N-methyl/N-ethyl adjacent to an activating group) is 1. The lowest BCUT2D eigenvalue weighted by Gasteiger charge is -2.10. The van der Waals surface area contributed by atoms with Crippen molar-refractivity contribution in [3.8, 4) is 0 Å². The van der Waals surface area contributed by atoms with Gasteiger partial charge in [-0.3, -0.25) is 0 Å². The Labute approximate surface area is 100 Å². The van der Waals surface area contributed by atoms with Gasteiger partial charge in [0.25, 0.3) is 0 Å². The van der Waals surface area contributed by atoms with E-state index in [1.807, 2.05) is 0 Å². The molecule has 0 atom stereocenters. The van der Waals surface area contributed by atoms with Crippen LogP contribution in [-0.4, -0.2) is 65.1 Å². The average Bonchev–Trinajstić information content (AvgIpc) is 2.25. The van der Waals surface area contributed by atoms with Crippen molar-refractivity contribution in [3.63, 3.8) is 0 Å². The fourth-order valence-electron chi connectivity index (χ4n) is 1.14. The van der Waals surface area contributed by atoms with Crippen LogP contribution in [0, 0.1) is 0 Å². The Hall–Kier alpha value is -0.160. The molecule has 0 rings (SSSR count). The Balaban J connectivity index is 2.88. The first-order valence-electron chi connectivity index (χ1n) is 6.28.